The highest BCUT2D eigenvalue weighted by atomic mass is 15.1. The molecule has 7 rings (SSSR count). The van der Waals surface area contributed by atoms with Gasteiger partial charge in [0.2, 0.25) is 0 Å². The SMILES string of the molecule is C=C1/C=C(C#N)\C=C/N(C2=CC=CC(C#N)C2)c2cccc(-c3cccc4c5ccccc5n(C5CC=CCC5)c34)c21. The topological polar surface area (TPSA) is 55.8 Å². The van der Waals surface area contributed by atoms with Crippen LogP contribution in [-0.2, 0) is 0 Å². The van der Waals surface area contributed by atoms with E-state index >= 15 is 0 Å². The van der Waals surface area contributed by atoms with Crippen LogP contribution in [0.25, 0.3) is 38.5 Å². The van der Waals surface area contributed by atoms with Crippen LogP contribution in [0.3, 0.4) is 0 Å². The number of fused-ring (bicyclic) bond motifs is 4. The van der Waals surface area contributed by atoms with E-state index in [4.69, 9.17) is 0 Å². The molecule has 4 heteroatoms. The maximum absolute atomic E-state index is 9.93. The molecule has 0 saturated heterocycles. The van der Waals surface area contributed by atoms with Crippen LogP contribution in [0.5, 0.6) is 0 Å². The fraction of sp³-hybridized carbons (Fsp3) is 0.158. The van der Waals surface area contributed by atoms with Crippen LogP contribution in [0, 0.1) is 28.6 Å². The molecule has 1 aliphatic heterocycles. The highest BCUT2D eigenvalue weighted by Crippen LogP contribution is 2.45. The smallest absolute Gasteiger partial charge is 0.0992 e. The van der Waals surface area contributed by atoms with Gasteiger partial charge in [0.25, 0.3) is 0 Å². The van der Waals surface area contributed by atoms with Crippen LogP contribution in [-0.4, -0.2) is 4.57 Å². The van der Waals surface area contributed by atoms with Crippen molar-refractivity contribution < 1.29 is 0 Å². The van der Waals surface area contributed by atoms with E-state index < -0.39 is 0 Å². The van der Waals surface area contributed by atoms with Crippen molar-refractivity contribution in [2.45, 2.75) is 31.7 Å². The van der Waals surface area contributed by atoms with Crippen LogP contribution in [0.15, 0.2) is 127 Å². The number of benzene rings is 3. The minimum Gasteiger partial charge on any atom is -0.337 e. The molecule has 4 aromatic rings. The molecule has 0 radical (unpaired) electrons. The van der Waals surface area contributed by atoms with E-state index in [1.165, 1.54) is 21.8 Å². The molecule has 2 atom stereocenters. The summed E-state index contributed by atoms with van der Waals surface area (Å²) in [5.74, 6) is -0.196. The van der Waals surface area contributed by atoms with Gasteiger partial charge in [0, 0.05) is 51.8 Å². The summed E-state index contributed by atoms with van der Waals surface area (Å²) in [6.07, 6.45) is 20.0. The Kier molecular flexibility index (Phi) is 6.46. The number of nitrogens with zero attached hydrogens (tertiary/aromatic N) is 4. The van der Waals surface area contributed by atoms with Crippen molar-refractivity contribution in [1.29, 1.82) is 10.5 Å². The van der Waals surface area contributed by atoms with Gasteiger partial charge in [0.1, 0.15) is 0 Å². The summed E-state index contributed by atoms with van der Waals surface area (Å²) >= 11 is 0. The number of hydrogen-bond donors (Lipinski definition) is 0. The lowest BCUT2D eigenvalue weighted by Gasteiger charge is -2.31. The summed E-state index contributed by atoms with van der Waals surface area (Å²) in [6.45, 7) is 4.50. The molecular weight excluding hydrogens is 512 g/mol. The second-order valence-electron chi connectivity index (χ2n) is 11.1. The lowest BCUT2D eigenvalue weighted by molar-refractivity contribution is 0.485. The van der Waals surface area contributed by atoms with E-state index in [9.17, 15) is 10.5 Å². The van der Waals surface area contributed by atoms with Crippen molar-refractivity contribution in [2.24, 2.45) is 5.92 Å². The van der Waals surface area contributed by atoms with Gasteiger partial charge in [0.05, 0.1) is 34.8 Å². The first-order valence-corrected chi connectivity index (χ1v) is 14.5. The molecular formula is C38H30N4. The Morgan fingerprint density at radius 2 is 1.74 bits per heavy atom. The summed E-state index contributed by atoms with van der Waals surface area (Å²) in [5, 5.41) is 22.1. The average molecular weight is 543 g/mol. The lowest BCUT2D eigenvalue weighted by Crippen LogP contribution is -2.21. The zero-order chi connectivity index (χ0) is 28.6. The number of allylic oxidation sites excluding steroid dienone is 10. The van der Waals surface area contributed by atoms with Gasteiger partial charge in [-0.05, 0) is 60.8 Å². The fourth-order valence-electron chi connectivity index (χ4n) is 6.76. The van der Waals surface area contributed by atoms with Gasteiger partial charge < -0.3 is 9.47 Å². The molecule has 0 spiro atoms. The molecule has 2 aliphatic carbocycles. The number of para-hydroxylation sites is 2. The fourth-order valence-corrected chi connectivity index (χ4v) is 6.76. The van der Waals surface area contributed by atoms with Gasteiger partial charge in [-0.1, -0.05) is 79.4 Å². The predicted octanol–water partition coefficient (Wildman–Crippen LogP) is 9.52. The zero-order valence-electron chi connectivity index (χ0n) is 23.4. The molecule has 0 bridgehead atoms. The Hall–Kier alpha value is -5.32. The molecule has 1 aromatic heterocycles. The molecule has 2 heterocycles. The third kappa shape index (κ3) is 4.21. The largest absolute Gasteiger partial charge is 0.337 e. The Balaban J connectivity index is 1.52. The quantitative estimate of drug-likeness (QED) is 0.242. The zero-order valence-corrected chi connectivity index (χ0v) is 23.4. The van der Waals surface area contributed by atoms with Crippen molar-refractivity contribution in [3.63, 3.8) is 0 Å². The molecule has 0 saturated carbocycles. The Morgan fingerprint density at radius 1 is 0.905 bits per heavy atom. The van der Waals surface area contributed by atoms with Crippen LogP contribution in [0.1, 0.15) is 37.3 Å². The highest BCUT2D eigenvalue weighted by molar-refractivity contribution is 6.14. The van der Waals surface area contributed by atoms with Gasteiger partial charge in [0.15, 0.2) is 0 Å². The Labute approximate surface area is 246 Å². The molecule has 202 valence electrons. The van der Waals surface area contributed by atoms with Crippen LogP contribution in [0.2, 0.25) is 0 Å². The van der Waals surface area contributed by atoms with Crippen molar-refractivity contribution in [1.82, 2.24) is 4.57 Å². The van der Waals surface area contributed by atoms with E-state index in [1.54, 1.807) is 0 Å². The van der Waals surface area contributed by atoms with Gasteiger partial charge in [-0.15, -0.1) is 0 Å². The first-order chi connectivity index (χ1) is 20.7. The second-order valence-corrected chi connectivity index (χ2v) is 11.1. The van der Waals surface area contributed by atoms with Crippen molar-refractivity contribution in [3.8, 4) is 23.3 Å². The predicted molar refractivity (Wildman–Crippen MR) is 172 cm³/mol. The lowest BCUT2D eigenvalue weighted by atomic mass is 9.89. The summed E-state index contributed by atoms with van der Waals surface area (Å²) < 4.78 is 2.56. The second kappa shape index (κ2) is 10.6. The van der Waals surface area contributed by atoms with Crippen molar-refractivity contribution >= 4 is 33.1 Å². The monoisotopic (exact) mass is 542 g/mol. The molecule has 3 aliphatic rings. The number of aromatic nitrogens is 1. The third-order valence-corrected chi connectivity index (χ3v) is 8.65. The van der Waals surface area contributed by atoms with E-state index in [-0.39, 0.29) is 5.92 Å². The Bertz CT molecular complexity index is 2000. The standard InChI is InChI=1S/C38H30N4/c1-26-22-28(25-40)20-21-41(30-13-7-10-27(23-30)24-39)36-19-9-15-32(37(26)36)34-17-8-16-33-31-14-5-6-18-35(31)42(38(33)34)29-11-3-2-4-12-29/h2-3,5-10,13-22,27,29H,1,4,11-12,23H2/b21-20-,28-22+. The first kappa shape index (κ1) is 25.6. The Morgan fingerprint density at radius 3 is 2.57 bits per heavy atom. The summed E-state index contributed by atoms with van der Waals surface area (Å²) in [7, 11) is 0. The minimum atomic E-state index is -0.196. The molecule has 0 fully saturated rings. The summed E-state index contributed by atoms with van der Waals surface area (Å²) in [6, 6.07) is 26.8. The first-order valence-electron chi connectivity index (χ1n) is 14.5. The van der Waals surface area contributed by atoms with Crippen molar-refractivity contribution in [2.75, 3.05) is 4.90 Å². The minimum absolute atomic E-state index is 0.196. The average Bonchev–Trinajstić information content (AvgIpc) is 3.38. The molecule has 3 aromatic carbocycles. The van der Waals surface area contributed by atoms with Crippen LogP contribution in [0.4, 0.5) is 5.69 Å². The van der Waals surface area contributed by atoms with E-state index in [0.29, 0.717) is 18.0 Å². The van der Waals surface area contributed by atoms with E-state index in [0.717, 1.165) is 52.9 Å². The van der Waals surface area contributed by atoms with Crippen molar-refractivity contribution in [3.05, 3.63) is 133 Å². The van der Waals surface area contributed by atoms with Gasteiger partial charge in [-0.2, -0.15) is 10.5 Å². The van der Waals surface area contributed by atoms with Gasteiger partial charge >= 0.3 is 0 Å². The van der Waals surface area contributed by atoms with Crippen LogP contribution < -0.4 is 4.90 Å². The highest BCUT2D eigenvalue weighted by Gasteiger charge is 2.26. The number of nitriles is 2. The van der Waals surface area contributed by atoms with Gasteiger partial charge in [-0.25, -0.2) is 0 Å². The molecule has 42 heavy (non-hydrogen) atoms. The third-order valence-electron chi connectivity index (χ3n) is 8.65. The molecule has 4 nitrogen and oxygen atoms in total. The molecule has 0 amide bonds. The number of rotatable bonds is 3. The maximum atomic E-state index is 9.93. The summed E-state index contributed by atoms with van der Waals surface area (Å²) in [5.41, 5.74) is 9.04. The van der Waals surface area contributed by atoms with Gasteiger partial charge in [-0.3, -0.25) is 0 Å². The van der Waals surface area contributed by atoms with Crippen LogP contribution >= 0.6 is 0 Å². The molecule has 2 unspecified atom stereocenters. The van der Waals surface area contributed by atoms with E-state index in [1.807, 2.05) is 30.5 Å². The molecule has 0 N–H and O–H groups in total. The van der Waals surface area contributed by atoms with E-state index in [2.05, 4.69) is 107 Å². The number of hydrogen-bond acceptors (Lipinski definition) is 3. The summed E-state index contributed by atoms with van der Waals surface area (Å²) in [4.78, 5) is 2.13. The maximum Gasteiger partial charge on any atom is 0.0992 e. The normalized spacial score (nSPS) is 22.0. The number of anilines is 1.